The molecule has 1 aromatic heterocycles. The molecular weight excluding hydrogens is 435 g/mol. The minimum atomic E-state index is -4.50. The van der Waals surface area contributed by atoms with Crippen molar-refractivity contribution in [3.63, 3.8) is 0 Å². The van der Waals surface area contributed by atoms with Crippen molar-refractivity contribution in [3.8, 4) is 5.69 Å². The second kappa shape index (κ2) is 9.66. The summed E-state index contributed by atoms with van der Waals surface area (Å²) in [4.78, 5) is 16.8. The number of halogens is 3. The number of benzene rings is 1. The number of nitrogens with one attached hydrogen (secondary N) is 1. The first-order valence-electron chi connectivity index (χ1n) is 10.5. The molecule has 2 N–H and O–H groups in total. The van der Waals surface area contributed by atoms with Gasteiger partial charge in [-0.3, -0.25) is 4.79 Å². The van der Waals surface area contributed by atoms with Crippen molar-refractivity contribution in [1.29, 1.82) is 0 Å². The van der Waals surface area contributed by atoms with Gasteiger partial charge in [-0.05, 0) is 57.5 Å². The summed E-state index contributed by atoms with van der Waals surface area (Å²) >= 11 is 0. The first kappa shape index (κ1) is 24.3. The van der Waals surface area contributed by atoms with Crippen LogP contribution in [-0.2, 0) is 15.7 Å². The number of hydrogen-bond acceptors (Lipinski definition) is 4. The van der Waals surface area contributed by atoms with Gasteiger partial charge >= 0.3 is 6.18 Å². The lowest BCUT2D eigenvalue weighted by Gasteiger charge is -2.16. The van der Waals surface area contributed by atoms with E-state index in [9.17, 15) is 23.1 Å². The first-order chi connectivity index (χ1) is 15.6. The Morgan fingerprint density at radius 2 is 1.94 bits per heavy atom. The van der Waals surface area contributed by atoms with Crippen molar-refractivity contribution in [2.75, 3.05) is 19.8 Å². The van der Waals surface area contributed by atoms with E-state index < -0.39 is 17.6 Å². The largest absolute Gasteiger partial charge is 0.505 e. The molecule has 9 heteroatoms. The zero-order valence-corrected chi connectivity index (χ0v) is 18.9. The van der Waals surface area contributed by atoms with Crippen molar-refractivity contribution < 1.29 is 27.8 Å². The van der Waals surface area contributed by atoms with Crippen LogP contribution < -0.4 is 5.32 Å². The third-order valence-electron chi connectivity index (χ3n) is 5.31. The number of aliphatic hydroxyl groups excluding tert-OH is 1. The monoisotopic (exact) mass is 461 g/mol. The Balaban J connectivity index is 1.97. The molecule has 1 aliphatic rings. The molecule has 0 unspecified atom stereocenters. The van der Waals surface area contributed by atoms with Gasteiger partial charge in [-0.1, -0.05) is 12.1 Å². The molecule has 1 aromatic carbocycles. The molecule has 176 valence electrons. The number of carbonyl (C=O) groups is 1. The zero-order valence-electron chi connectivity index (χ0n) is 18.9. The molecule has 0 atom stereocenters. The van der Waals surface area contributed by atoms with Crippen LogP contribution in [0.4, 0.5) is 13.2 Å². The molecule has 1 aliphatic heterocycles. The minimum absolute atomic E-state index is 0.0184. The SMILES string of the molecule is CCOCCNC(=O)C1=C(O)/C(=C\c2cc(C)n(-c3ccccc3C(F)(F)F)c2C)N=C1C. The van der Waals surface area contributed by atoms with E-state index in [0.717, 1.165) is 6.07 Å². The van der Waals surface area contributed by atoms with Crippen molar-refractivity contribution in [1.82, 2.24) is 9.88 Å². The Bertz CT molecular complexity index is 1160. The number of aromatic nitrogens is 1. The summed E-state index contributed by atoms with van der Waals surface area (Å²) in [6.07, 6.45) is -2.94. The number of nitrogens with zero attached hydrogens (tertiary/aromatic N) is 2. The average molecular weight is 461 g/mol. The van der Waals surface area contributed by atoms with Gasteiger partial charge in [0.25, 0.3) is 5.91 Å². The van der Waals surface area contributed by atoms with Crippen molar-refractivity contribution in [2.24, 2.45) is 4.99 Å². The molecule has 0 saturated heterocycles. The number of amides is 1. The molecule has 0 spiro atoms. The Kier molecular flexibility index (Phi) is 7.12. The molecule has 33 heavy (non-hydrogen) atoms. The van der Waals surface area contributed by atoms with Gasteiger partial charge in [-0.15, -0.1) is 0 Å². The van der Waals surface area contributed by atoms with Crippen molar-refractivity contribution in [3.05, 3.63) is 69.9 Å². The molecule has 0 fully saturated rings. The van der Waals surface area contributed by atoms with Crippen LogP contribution >= 0.6 is 0 Å². The van der Waals surface area contributed by atoms with E-state index >= 15 is 0 Å². The summed E-state index contributed by atoms with van der Waals surface area (Å²) < 4.78 is 47.3. The molecule has 0 saturated carbocycles. The highest BCUT2D eigenvalue weighted by atomic mass is 19.4. The second-order valence-corrected chi connectivity index (χ2v) is 7.58. The van der Waals surface area contributed by atoms with Crippen LogP contribution in [0.1, 0.15) is 36.4 Å². The fourth-order valence-electron chi connectivity index (χ4n) is 3.79. The summed E-state index contributed by atoms with van der Waals surface area (Å²) in [5.41, 5.74) is 1.59. The third kappa shape index (κ3) is 5.03. The number of aliphatic hydroxyl groups is 1. The van der Waals surface area contributed by atoms with Crippen LogP contribution in [0.3, 0.4) is 0 Å². The standard InChI is InChI=1S/C24H26F3N3O3/c1-5-33-11-10-28-23(32)21-15(3)29-19(22(21)31)13-17-12-14(2)30(16(17)4)20-9-7-6-8-18(20)24(25,26)27/h6-9,12-13,31H,5,10-11H2,1-4H3,(H,28,32)/b19-13+. The fraction of sp³-hybridized carbons (Fsp3) is 0.333. The highest BCUT2D eigenvalue weighted by Gasteiger charge is 2.34. The minimum Gasteiger partial charge on any atom is -0.505 e. The molecule has 6 nitrogen and oxygen atoms in total. The Labute approximate surface area is 190 Å². The molecule has 0 bridgehead atoms. The van der Waals surface area contributed by atoms with E-state index in [2.05, 4.69) is 10.3 Å². The fourth-order valence-corrected chi connectivity index (χ4v) is 3.79. The quantitative estimate of drug-likeness (QED) is 0.577. The number of rotatable bonds is 7. The van der Waals surface area contributed by atoms with Gasteiger partial charge in [0.05, 0.1) is 23.6 Å². The van der Waals surface area contributed by atoms with Gasteiger partial charge in [-0.25, -0.2) is 4.99 Å². The van der Waals surface area contributed by atoms with E-state index in [1.165, 1.54) is 16.7 Å². The van der Waals surface area contributed by atoms with Crippen LogP contribution in [0.2, 0.25) is 0 Å². The van der Waals surface area contributed by atoms with E-state index in [0.29, 0.717) is 35.9 Å². The van der Waals surface area contributed by atoms with Crippen LogP contribution in [0.25, 0.3) is 11.8 Å². The topological polar surface area (TPSA) is 75.8 Å². The predicted molar refractivity (Wildman–Crippen MR) is 120 cm³/mol. The molecule has 2 heterocycles. The molecule has 3 rings (SSSR count). The third-order valence-corrected chi connectivity index (χ3v) is 5.31. The van der Waals surface area contributed by atoms with Crippen molar-refractivity contribution in [2.45, 2.75) is 33.9 Å². The number of alkyl halides is 3. The van der Waals surface area contributed by atoms with E-state index in [1.807, 2.05) is 6.92 Å². The highest BCUT2D eigenvalue weighted by Crippen LogP contribution is 2.36. The Morgan fingerprint density at radius 3 is 2.61 bits per heavy atom. The maximum atomic E-state index is 13.5. The Morgan fingerprint density at radius 1 is 1.24 bits per heavy atom. The van der Waals surface area contributed by atoms with Gasteiger partial charge in [-0.2, -0.15) is 13.2 Å². The Hall–Kier alpha value is -3.33. The molecule has 0 radical (unpaired) electrons. The smallest absolute Gasteiger partial charge is 0.418 e. The van der Waals surface area contributed by atoms with Crippen molar-refractivity contribution >= 4 is 17.7 Å². The van der Waals surface area contributed by atoms with Crippen LogP contribution in [-0.4, -0.2) is 41.1 Å². The maximum Gasteiger partial charge on any atom is 0.418 e. The molecule has 2 aromatic rings. The second-order valence-electron chi connectivity index (χ2n) is 7.58. The van der Waals surface area contributed by atoms with E-state index in [1.54, 1.807) is 39.0 Å². The van der Waals surface area contributed by atoms with E-state index in [-0.39, 0.29) is 29.3 Å². The number of aliphatic imine (C=N–C) groups is 1. The lowest BCUT2D eigenvalue weighted by atomic mass is 10.1. The summed E-state index contributed by atoms with van der Waals surface area (Å²) in [6.45, 7) is 8.02. The van der Waals surface area contributed by atoms with Gasteiger partial charge < -0.3 is 19.7 Å². The van der Waals surface area contributed by atoms with Gasteiger partial charge in [0.1, 0.15) is 11.3 Å². The molecular formula is C24H26F3N3O3. The van der Waals surface area contributed by atoms with Gasteiger partial charge in [0, 0.05) is 24.5 Å². The molecule has 1 amide bonds. The number of hydrogen-bond donors (Lipinski definition) is 2. The normalized spacial score (nSPS) is 15.4. The predicted octanol–water partition coefficient (Wildman–Crippen LogP) is 4.89. The zero-order chi connectivity index (χ0) is 24.3. The summed E-state index contributed by atoms with van der Waals surface area (Å²) in [5, 5.41) is 13.3. The van der Waals surface area contributed by atoms with Crippen LogP contribution in [0, 0.1) is 13.8 Å². The summed E-state index contributed by atoms with van der Waals surface area (Å²) in [7, 11) is 0. The lowest BCUT2D eigenvalue weighted by molar-refractivity contribution is -0.137. The number of para-hydroxylation sites is 1. The summed E-state index contributed by atoms with van der Waals surface area (Å²) in [6, 6.07) is 7.08. The number of ether oxygens (including phenoxy) is 1. The highest BCUT2D eigenvalue weighted by molar-refractivity contribution is 6.23. The maximum absolute atomic E-state index is 13.5. The van der Waals surface area contributed by atoms with E-state index in [4.69, 9.17) is 4.74 Å². The lowest BCUT2D eigenvalue weighted by Crippen LogP contribution is -2.30. The molecule has 0 aliphatic carbocycles. The van der Waals surface area contributed by atoms with Gasteiger partial charge in [0.15, 0.2) is 5.76 Å². The van der Waals surface area contributed by atoms with Crippen LogP contribution in [0.5, 0.6) is 0 Å². The van der Waals surface area contributed by atoms with Crippen LogP contribution in [0.15, 0.2) is 52.4 Å². The first-order valence-corrected chi connectivity index (χ1v) is 10.5. The number of carbonyl (C=O) groups excluding carboxylic acids is 1. The number of aryl methyl sites for hydroxylation is 1. The average Bonchev–Trinajstić information content (AvgIpc) is 3.18. The van der Waals surface area contributed by atoms with Gasteiger partial charge in [0.2, 0.25) is 0 Å². The summed E-state index contributed by atoms with van der Waals surface area (Å²) in [5.74, 6) is -0.747.